The van der Waals surface area contributed by atoms with E-state index in [1.807, 2.05) is 0 Å². The van der Waals surface area contributed by atoms with Gasteiger partial charge in [0.25, 0.3) is 0 Å². The first-order chi connectivity index (χ1) is 11.7. The summed E-state index contributed by atoms with van der Waals surface area (Å²) in [7, 11) is 0. The first-order valence-corrected chi connectivity index (χ1v) is 7.36. The lowest BCUT2D eigenvalue weighted by molar-refractivity contribution is -0.142. The second-order valence-electron chi connectivity index (χ2n) is 5.33. The summed E-state index contributed by atoms with van der Waals surface area (Å²) in [4.78, 5) is 34.4. The SMILES string of the molecule is C=C(C)C(=O)OCC(O)COC(=O)c1ccc(OC(=O)C(=C)C)cc1. The molecule has 0 aliphatic heterocycles. The minimum Gasteiger partial charge on any atom is -0.459 e. The van der Waals surface area contributed by atoms with Crippen LogP contribution in [-0.2, 0) is 19.1 Å². The van der Waals surface area contributed by atoms with E-state index in [-0.39, 0.29) is 35.7 Å². The van der Waals surface area contributed by atoms with Crippen molar-refractivity contribution >= 4 is 17.9 Å². The Hall–Kier alpha value is -2.93. The summed E-state index contributed by atoms with van der Waals surface area (Å²) < 4.78 is 14.7. The minimum absolute atomic E-state index is 0.205. The molecule has 0 heterocycles. The van der Waals surface area contributed by atoms with E-state index in [1.54, 1.807) is 0 Å². The summed E-state index contributed by atoms with van der Waals surface area (Å²) in [5.41, 5.74) is 0.669. The lowest BCUT2D eigenvalue weighted by Gasteiger charge is -2.12. The normalized spacial score (nSPS) is 11.2. The van der Waals surface area contributed by atoms with Crippen LogP contribution in [0.25, 0.3) is 0 Å². The maximum atomic E-state index is 11.9. The molecule has 0 aromatic heterocycles. The number of aliphatic hydroxyl groups excluding tert-OH is 1. The van der Waals surface area contributed by atoms with Gasteiger partial charge in [-0.1, -0.05) is 13.2 Å². The quantitative estimate of drug-likeness (QED) is 0.434. The summed E-state index contributed by atoms with van der Waals surface area (Å²) in [6.45, 7) is 9.22. The van der Waals surface area contributed by atoms with Crippen molar-refractivity contribution in [2.45, 2.75) is 20.0 Å². The van der Waals surface area contributed by atoms with Gasteiger partial charge in [-0.25, -0.2) is 14.4 Å². The predicted octanol–water partition coefficient (Wildman–Crippen LogP) is 1.81. The third-order valence-electron chi connectivity index (χ3n) is 2.81. The van der Waals surface area contributed by atoms with Crippen molar-refractivity contribution in [1.29, 1.82) is 0 Å². The number of hydrogen-bond acceptors (Lipinski definition) is 7. The van der Waals surface area contributed by atoms with Crippen molar-refractivity contribution < 1.29 is 33.7 Å². The van der Waals surface area contributed by atoms with Crippen LogP contribution in [0.4, 0.5) is 0 Å². The second-order valence-corrected chi connectivity index (χ2v) is 5.33. The Balaban J connectivity index is 2.47. The van der Waals surface area contributed by atoms with Gasteiger partial charge in [0.15, 0.2) is 0 Å². The van der Waals surface area contributed by atoms with Gasteiger partial charge in [0.2, 0.25) is 0 Å². The molecule has 0 spiro atoms. The largest absolute Gasteiger partial charge is 0.459 e. The number of carbonyl (C=O) groups is 3. The maximum Gasteiger partial charge on any atom is 0.338 e. The molecule has 0 saturated carbocycles. The molecule has 134 valence electrons. The molecule has 7 nitrogen and oxygen atoms in total. The Morgan fingerprint density at radius 2 is 1.48 bits per heavy atom. The number of ether oxygens (including phenoxy) is 3. The molecule has 1 N–H and O–H groups in total. The molecule has 1 rings (SSSR count). The fraction of sp³-hybridized carbons (Fsp3) is 0.278. The van der Waals surface area contributed by atoms with E-state index in [0.29, 0.717) is 0 Å². The van der Waals surface area contributed by atoms with Gasteiger partial charge >= 0.3 is 17.9 Å². The average Bonchev–Trinajstić information content (AvgIpc) is 2.57. The van der Waals surface area contributed by atoms with Gasteiger partial charge in [0.05, 0.1) is 5.56 Å². The van der Waals surface area contributed by atoms with E-state index in [4.69, 9.17) is 14.2 Å². The summed E-state index contributed by atoms with van der Waals surface area (Å²) in [5.74, 6) is -1.62. The molecule has 0 aliphatic rings. The van der Waals surface area contributed by atoms with Crippen molar-refractivity contribution in [3.05, 3.63) is 54.1 Å². The van der Waals surface area contributed by atoms with Crippen LogP contribution in [0.1, 0.15) is 24.2 Å². The summed E-state index contributed by atoms with van der Waals surface area (Å²) in [6.07, 6.45) is -1.15. The number of aliphatic hydroxyl groups is 1. The molecule has 1 atom stereocenters. The van der Waals surface area contributed by atoms with Gasteiger partial charge in [-0.2, -0.15) is 0 Å². The number of hydrogen-bond donors (Lipinski definition) is 1. The van der Waals surface area contributed by atoms with Crippen molar-refractivity contribution in [2.24, 2.45) is 0 Å². The molecule has 1 aromatic rings. The first kappa shape index (κ1) is 20.1. The Kier molecular flexibility index (Phi) is 7.55. The molecule has 7 heteroatoms. The van der Waals surface area contributed by atoms with E-state index in [1.165, 1.54) is 38.1 Å². The van der Waals surface area contributed by atoms with Gasteiger partial charge in [0.1, 0.15) is 25.1 Å². The maximum absolute atomic E-state index is 11.9. The molecule has 0 radical (unpaired) electrons. The van der Waals surface area contributed by atoms with E-state index in [9.17, 15) is 19.5 Å². The number of carbonyl (C=O) groups excluding carboxylic acids is 3. The highest BCUT2D eigenvalue weighted by atomic mass is 16.6. The fourth-order valence-corrected chi connectivity index (χ4v) is 1.45. The lowest BCUT2D eigenvalue weighted by atomic mass is 10.2. The van der Waals surface area contributed by atoms with Crippen LogP contribution < -0.4 is 4.74 Å². The summed E-state index contributed by atoms with van der Waals surface area (Å²) in [6, 6.07) is 5.69. The van der Waals surface area contributed by atoms with E-state index in [2.05, 4.69) is 13.2 Å². The van der Waals surface area contributed by atoms with Crippen molar-refractivity contribution in [1.82, 2.24) is 0 Å². The highest BCUT2D eigenvalue weighted by Gasteiger charge is 2.14. The van der Waals surface area contributed by atoms with Crippen LogP contribution in [0.2, 0.25) is 0 Å². The smallest absolute Gasteiger partial charge is 0.338 e. The van der Waals surface area contributed by atoms with Crippen LogP contribution >= 0.6 is 0 Å². The highest BCUT2D eigenvalue weighted by Crippen LogP contribution is 2.14. The number of rotatable bonds is 8. The van der Waals surface area contributed by atoms with E-state index >= 15 is 0 Å². The van der Waals surface area contributed by atoms with Crippen molar-refractivity contribution in [2.75, 3.05) is 13.2 Å². The number of esters is 3. The predicted molar refractivity (Wildman–Crippen MR) is 89.0 cm³/mol. The highest BCUT2D eigenvalue weighted by molar-refractivity contribution is 5.90. The fourth-order valence-electron chi connectivity index (χ4n) is 1.45. The molecular weight excluding hydrogens is 328 g/mol. The van der Waals surface area contributed by atoms with Crippen LogP contribution in [0.3, 0.4) is 0 Å². The second kappa shape index (κ2) is 9.39. The first-order valence-electron chi connectivity index (χ1n) is 7.36. The Morgan fingerprint density at radius 3 is 2.00 bits per heavy atom. The van der Waals surface area contributed by atoms with Crippen molar-refractivity contribution in [3.8, 4) is 5.75 Å². The van der Waals surface area contributed by atoms with Gasteiger partial charge in [-0.05, 0) is 38.1 Å². The van der Waals surface area contributed by atoms with Gasteiger partial charge in [-0.15, -0.1) is 0 Å². The zero-order valence-corrected chi connectivity index (χ0v) is 14.1. The van der Waals surface area contributed by atoms with Gasteiger partial charge in [0, 0.05) is 11.1 Å². The van der Waals surface area contributed by atoms with Crippen LogP contribution in [-0.4, -0.2) is 42.3 Å². The zero-order valence-electron chi connectivity index (χ0n) is 14.1. The zero-order chi connectivity index (χ0) is 19.0. The minimum atomic E-state index is -1.15. The molecular formula is C18H20O7. The van der Waals surface area contributed by atoms with Crippen LogP contribution in [0.5, 0.6) is 5.75 Å². The average molecular weight is 348 g/mol. The van der Waals surface area contributed by atoms with E-state index < -0.39 is 24.0 Å². The number of benzene rings is 1. The third-order valence-corrected chi connectivity index (χ3v) is 2.81. The summed E-state index contributed by atoms with van der Waals surface area (Å²) >= 11 is 0. The standard InChI is InChI=1S/C18H20O7/c1-11(2)16(20)23-9-14(19)10-24-18(22)13-5-7-15(8-6-13)25-17(21)12(3)4/h5-8,14,19H,1,3,9-10H2,2,4H3. The van der Waals surface area contributed by atoms with Gasteiger partial charge < -0.3 is 19.3 Å². The van der Waals surface area contributed by atoms with Crippen molar-refractivity contribution in [3.63, 3.8) is 0 Å². The molecule has 25 heavy (non-hydrogen) atoms. The Morgan fingerprint density at radius 1 is 0.960 bits per heavy atom. The van der Waals surface area contributed by atoms with E-state index in [0.717, 1.165) is 0 Å². The third kappa shape index (κ3) is 7.01. The monoisotopic (exact) mass is 348 g/mol. The molecule has 0 amide bonds. The Labute approximate surface area is 145 Å². The van der Waals surface area contributed by atoms with Crippen LogP contribution in [0, 0.1) is 0 Å². The topological polar surface area (TPSA) is 99.1 Å². The molecule has 0 aliphatic carbocycles. The lowest BCUT2D eigenvalue weighted by Crippen LogP contribution is -2.25. The Bertz CT molecular complexity index is 673. The molecule has 0 saturated heterocycles. The van der Waals surface area contributed by atoms with Crippen LogP contribution in [0.15, 0.2) is 48.6 Å². The molecule has 0 fully saturated rings. The molecule has 1 aromatic carbocycles. The summed E-state index contributed by atoms with van der Waals surface area (Å²) in [5, 5.41) is 9.62. The van der Waals surface area contributed by atoms with Gasteiger partial charge in [-0.3, -0.25) is 0 Å². The molecule has 1 unspecified atom stereocenters. The molecule has 0 bridgehead atoms.